The molecule has 2 heterocycles. The van der Waals surface area contributed by atoms with Crippen molar-refractivity contribution in [1.82, 2.24) is 0 Å². The van der Waals surface area contributed by atoms with Crippen LogP contribution in [-0.2, 0) is 0 Å². The summed E-state index contributed by atoms with van der Waals surface area (Å²) in [6, 6.07) is 10.6. The summed E-state index contributed by atoms with van der Waals surface area (Å²) in [5, 5.41) is 0. The summed E-state index contributed by atoms with van der Waals surface area (Å²) in [5.41, 5.74) is 4.41. The third kappa shape index (κ3) is 2.20. The second kappa shape index (κ2) is 4.97. The standard InChI is InChI=1S/C16H21N2/c1-17(15-8-3-2-4-9-15)13-14-7-5-11-18-12-6-10-16(14)18/h2-4,8-9,13H,5-7,10-12H2,1H3/q+1. The van der Waals surface area contributed by atoms with Crippen molar-refractivity contribution < 1.29 is 4.58 Å². The van der Waals surface area contributed by atoms with Crippen LogP contribution >= 0.6 is 0 Å². The van der Waals surface area contributed by atoms with Crippen LogP contribution in [0.2, 0.25) is 0 Å². The summed E-state index contributed by atoms with van der Waals surface area (Å²) in [6.07, 6.45) is 7.49. The molecule has 0 aliphatic carbocycles. The van der Waals surface area contributed by atoms with Gasteiger partial charge in [0.25, 0.3) is 0 Å². The number of hydrogen-bond donors (Lipinski definition) is 0. The molecule has 1 aromatic carbocycles. The molecule has 0 fully saturated rings. The molecule has 3 rings (SSSR count). The van der Waals surface area contributed by atoms with Crippen molar-refractivity contribution in [2.24, 2.45) is 0 Å². The maximum absolute atomic E-state index is 2.58. The molecule has 1 aromatic rings. The Balaban J connectivity index is 1.86. The Hall–Kier alpha value is -1.57. The lowest BCUT2D eigenvalue weighted by Crippen LogP contribution is -2.25. The van der Waals surface area contributed by atoms with Crippen LogP contribution in [0.5, 0.6) is 0 Å². The Bertz CT molecular complexity index is 485. The fraction of sp³-hybridized carbons (Fsp3) is 0.438. The second-order valence-electron chi connectivity index (χ2n) is 5.24. The molecule has 0 saturated carbocycles. The topological polar surface area (TPSA) is 6.25 Å². The van der Waals surface area contributed by atoms with Gasteiger partial charge in [-0.2, -0.15) is 0 Å². The van der Waals surface area contributed by atoms with Crippen molar-refractivity contribution in [2.75, 3.05) is 25.0 Å². The smallest absolute Gasteiger partial charge is 0.180 e. The summed E-state index contributed by atoms with van der Waals surface area (Å²) >= 11 is 0. The molecule has 0 bridgehead atoms. The zero-order valence-electron chi connectivity index (χ0n) is 11.1. The minimum absolute atomic E-state index is 1.24. The van der Waals surface area contributed by atoms with E-state index in [1.807, 2.05) is 0 Å². The number of allylic oxidation sites excluding steroid dienone is 1. The van der Waals surface area contributed by atoms with Crippen molar-refractivity contribution >= 4 is 11.4 Å². The number of nitrogens with zero attached hydrogens (tertiary/aromatic N) is 2. The number of benzene rings is 1. The van der Waals surface area contributed by atoms with Gasteiger partial charge in [-0.25, -0.2) is 4.58 Å². The van der Waals surface area contributed by atoms with Gasteiger partial charge in [0.2, 0.25) is 0 Å². The zero-order valence-corrected chi connectivity index (χ0v) is 11.1. The zero-order chi connectivity index (χ0) is 12.4. The minimum atomic E-state index is 1.24. The van der Waals surface area contributed by atoms with E-state index in [9.17, 15) is 0 Å². The lowest BCUT2D eigenvalue weighted by atomic mass is 10.0. The largest absolute Gasteiger partial charge is 0.351 e. The van der Waals surface area contributed by atoms with Gasteiger partial charge in [-0.1, -0.05) is 18.2 Å². The van der Waals surface area contributed by atoms with E-state index < -0.39 is 0 Å². The van der Waals surface area contributed by atoms with Crippen LogP contribution in [0, 0.1) is 0 Å². The molecular weight excluding hydrogens is 220 g/mol. The minimum Gasteiger partial charge on any atom is -0.351 e. The molecule has 0 aromatic heterocycles. The molecule has 94 valence electrons. The third-order valence-corrected chi connectivity index (χ3v) is 3.98. The summed E-state index contributed by atoms with van der Waals surface area (Å²) in [6.45, 7) is 2.53. The first kappa shape index (κ1) is 11.5. The van der Waals surface area contributed by atoms with Gasteiger partial charge in [0, 0.05) is 43.8 Å². The Kier molecular flexibility index (Phi) is 3.18. The third-order valence-electron chi connectivity index (χ3n) is 3.98. The van der Waals surface area contributed by atoms with Gasteiger partial charge in [-0.15, -0.1) is 0 Å². The average Bonchev–Trinajstić information content (AvgIpc) is 2.89. The molecular formula is C16H21N2+. The molecule has 0 unspecified atom stereocenters. The molecule has 0 radical (unpaired) electrons. The summed E-state index contributed by atoms with van der Waals surface area (Å²) < 4.78 is 2.58. The number of para-hydroxylation sites is 1. The van der Waals surface area contributed by atoms with E-state index in [2.05, 4.69) is 53.1 Å². The fourth-order valence-electron chi connectivity index (χ4n) is 3.06. The van der Waals surface area contributed by atoms with Crippen molar-refractivity contribution in [2.45, 2.75) is 25.7 Å². The van der Waals surface area contributed by atoms with E-state index in [0.717, 1.165) is 0 Å². The summed E-state index contributed by atoms with van der Waals surface area (Å²) in [4.78, 5) is 2.25. The Morgan fingerprint density at radius 1 is 1.06 bits per heavy atom. The van der Waals surface area contributed by atoms with E-state index >= 15 is 0 Å². The molecule has 18 heavy (non-hydrogen) atoms. The van der Waals surface area contributed by atoms with Crippen LogP contribution in [0.4, 0.5) is 5.69 Å². The first-order valence-corrected chi connectivity index (χ1v) is 6.94. The highest BCUT2D eigenvalue weighted by Crippen LogP contribution is 2.23. The number of hydrogen-bond acceptors (Lipinski definition) is 1. The predicted octanol–water partition coefficient (Wildman–Crippen LogP) is 3.05. The van der Waals surface area contributed by atoms with E-state index in [0.29, 0.717) is 0 Å². The van der Waals surface area contributed by atoms with Crippen LogP contribution in [0.1, 0.15) is 25.7 Å². The molecule has 2 aliphatic rings. The van der Waals surface area contributed by atoms with E-state index in [-0.39, 0.29) is 0 Å². The van der Waals surface area contributed by atoms with E-state index in [4.69, 9.17) is 0 Å². The molecule has 0 amide bonds. The van der Waals surface area contributed by atoms with E-state index in [1.54, 1.807) is 11.3 Å². The maximum Gasteiger partial charge on any atom is 0.180 e. The normalized spacial score (nSPS) is 21.3. The monoisotopic (exact) mass is 241 g/mol. The van der Waals surface area contributed by atoms with Crippen molar-refractivity contribution in [3.63, 3.8) is 0 Å². The maximum atomic E-state index is 2.58. The van der Waals surface area contributed by atoms with Gasteiger partial charge in [0.05, 0.1) is 0 Å². The molecule has 0 spiro atoms. The number of anilines is 1. The van der Waals surface area contributed by atoms with Crippen LogP contribution in [0.15, 0.2) is 42.1 Å². The first-order chi connectivity index (χ1) is 8.84. The van der Waals surface area contributed by atoms with Gasteiger partial charge in [0.15, 0.2) is 5.71 Å². The molecule has 0 atom stereocenters. The quantitative estimate of drug-likeness (QED) is 0.721. The Labute approximate surface area is 109 Å². The van der Waals surface area contributed by atoms with Crippen LogP contribution in [0.3, 0.4) is 0 Å². The highest BCUT2D eigenvalue weighted by atomic mass is 15.1. The Morgan fingerprint density at radius 3 is 2.56 bits per heavy atom. The number of rotatable bonds is 2. The predicted molar refractivity (Wildman–Crippen MR) is 76.4 cm³/mol. The molecule has 0 saturated heterocycles. The Morgan fingerprint density at radius 2 is 1.78 bits per heavy atom. The van der Waals surface area contributed by atoms with Gasteiger partial charge in [0.1, 0.15) is 13.1 Å². The highest BCUT2D eigenvalue weighted by molar-refractivity contribution is 5.97. The molecule has 0 N–H and O–H groups in total. The second-order valence-corrected chi connectivity index (χ2v) is 5.24. The molecule has 2 heteroatoms. The van der Waals surface area contributed by atoms with Gasteiger partial charge >= 0.3 is 0 Å². The van der Waals surface area contributed by atoms with E-state index in [1.165, 1.54) is 44.5 Å². The summed E-state index contributed by atoms with van der Waals surface area (Å²) in [5.74, 6) is 0. The van der Waals surface area contributed by atoms with Crippen LogP contribution in [0.25, 0.3) is 0 Å². The van der Waals surface area contributed by atoms with Gasteiger partial charge in [-0.05, 0) is 18.6 Å². The molecule has 2 nitrogen and oxygen atoms in total. The lowest BCUT2D eigenvalue weighted by Gasteiger charge is -2.18. The lowest BCUT2D eigenvalue weighted by molar-refractivity contribution is -0.522. The summed E-state index contributed by atoms with van der Waals surface area (Å²) in [7, 11) is 2.15. The first-order valence-electron chi connectivity index (χ1n) is 6.94. The van der Waals surface area contributed by atoms with Crippen molar-refractivity contribution in [3.05, 3.63) is 42.1 Å². The van der Waals surface area contributed by atoms with Crippen molar-refractivity contribution in [1.29, 1.82) is 0 Å². The van der Waals surface area contributed by atoms with Gasteiger partial charge in [-0.3, -0.25) is 0 Å². The van der Waals surface area contributed by atoms with Crippen LogP contribution < -0.4 is 4.90 Å². The average molecular weight is 241 g/mol. The van der Waals surface area contributed by atoms with Crippen LogP contribution in [-0.4, -0.2) is 30.4 Å². The highest BCUT2D eigenvalue weighted by Gasteiger charge is 2.29. The molecule has 2 aliphatic heterocycles. The fourth-order valence-corrected chi connectivity index (χ4v) is 3.06. The van der Waals surface area contributed by atoms with Gasteiger partial charge < -0.3 is 4.90 Å². The van der Waals surface area contributed by atoms with Crippen molar-refractivity contribution in [3.8, 4) is 0 Å². The SMILES string of the molecule is CN(/C=C1\CCC[N+]2=C1CCC2)c1ccccc1.